The number of halogens is 3. The minimum absolute atomic E-state index is 0.252. The third-order valence-corrected chi connectivity index (χ3v) is 5.17. The minimum Gasteiger partial charge on any atom is -0.398 e. The van der Waals surface area contributed by atoms with Crippen LogP contribution in [0.2, 0.25) is 0 Å². The van der Waals surface area contributed by atoms with E-state index in [0.717, 1.165) is 62.9 Å². The van der Waals surface area contributed by atoms with Crippen LogP contribution in [0.3, 0.4) is 0 Å². The largest absolute Gasteiger partial charge is 0.418 e. The van der Waals surface area contributed by atoms with E-state index in [4.69, 9.17) is 5.73 Å². The van der Waals surface area contributed by atoms with E-state index in [1.54, 1.807) is 0 Å². The molecule has 1 aromatic heterocycles. The Morgan fingerprint density at radius 3 is 2.70 bits per heavy atom. The molecule has 2 aromatic rings. The number of alkyl halides is 3. The van der Waals surface area contributed by atoms with E-state index in [0.29, 0.717) is 12.0 Å². The lowest BCUT2D eigenvalue weighted by Gasteiger charge is -2.20. The summed E-state index contributed by atoms with van der Waals surface area (Å²) < 4.78 is 39.6. The summed E-state index contributed by atoms with van der Waals surface area (Å²) in [6.45, 7) is 6.82. The number of nitrogens with zero attached hydrogens (tertiary/aromatic N) is 3. The Bertz CT molecular complexity index is 855. The van der Waals surface area contributed by atoms with Gasteiger partial charge in [-0.25, -0.2) is 4.98 Å². The normalized spacial score (nSPS) is 16.8. The lowest BCUT2D eigenvalue weighted by Crippen LogP contribution is -2.32. The molecule has 1 aliphatic rings. The van der Waals surface area contributed by atoms with Gasteiger partial charge in [0, 0.05) is 42.3 Å². The molecule has 3 rings (SSSR count). The second-order valence-electron chi connectivity index (χ2n) is 7.56. The summed E-state index contributed by atoms with van der Waals surface area (Å²) in [5, 5.41) is 6.39. The van der Waals surface area contributed by atoms with Crippen LogP contribution in [0.25, 0.3) is 0 Å². The van der Waals surface area contributed by atoms with Gasteiger partial charge in [0.2, 0.25) is 5.95 Å². The molecule has 0 aliphatic carbocycles. The number of rotatable bonds is 8. The summed E-state index contributed by atoms with van der Waals surface area (Å²) in [7, 11) is 0. The second kappa shape index (κ2) is 9.51. The quantitative estimate of drug-likeness (QED) is 0.549. The summed E-state index contributed by atoms with van der Waals surface area (Å²) in [5.41, 5.74) is 5.45. The summed E-state index contributed by atoms with van der Waals surface area (Å²) in [6, 6.07) is 6.14. The fourth-order valence-corrected chi connectivity index (χ4v) is 3.62. The first-order chi connectivity index (χ1) is 14.3. The van der Waals surface area contributed by atoms with Gasteiger partial charge in [0.25, 0.3) is 0 Å². The summed E-state index contributed by atoms with van der Waals surface area (Å²) >= 11 is 0. The first-order valence-corrected chi connectivity index (χ1v) is 10.4. The molecule has 2 heterocycles. The van der Waals surface area contributed by atoms with Crippen LogP contribution in [0.15, 0.2) is 24.3 Å². The molecule has 0 spiro atoms. The van der Waals surface area contributed by atoms with E-state index in [-0.39, 0.29) is 11.4 Å². The molecule has 0 amide bonds. The molecule has 1 aromatic carbocycles. The number of nitrogens with two attached hydrogens (primary N) is 1. The van der Waals surface area contributed by atoms with Crippen LogP contribution >= 0.6 is 0 Å². The van der Waals surface area contributed by atoms with E-state index in [1.165, 1.54) is 12.1 Å². The van der Waals surface area contributed by atoms with Gasteiger partial charge in [-0.2, -0.15) is 18.2 Å². The maximum absolute atomic E-state index is 13.2. The van der Waals surface area contributed by atoms with Gasteiger partial charge < -0.3 is 21.3 Å². The average molecular weight is 422 g/mol. The summed E-state index contributed by atoms with van der Waals surface area (Å²) in [5.74, 6) is 1.09. The molecular weight excluding hydrogens is 393 g/mol. The molecule has 30 heavy (non-hydrogen) atoms. The van der Waals surface area contributed by atoms with E-state index < -0.39 is 11.7 Å². The highest BCUT2D eigenvalue weighted by Crippen LogP contribution is 2.35. The third kappa shape index (κ3) is 5.53. The third-order valence-electron chi connectivity index (χ3n) is 5.17. The van der Waals surface area contributed by atoms with Crippen molar-refractivity contribution in [3.63, 3.8) is 0 Å². The number of anilines is 4. The van der Waals surface area contributed by atoms with Gasteiger partial charge >= 0.3 is 6.18 Å². The van der Waals surface area contributed by atoms with Gasteiger partial charge in [-0.15, -0.1) is 0 Å². The second-order valence-corrected chi connectivity index (χ2v) is 7.56. The molecule has 1 fully saturated rings. The van der Waals surface area contributed by atoms with Gasteiger partial charge in [-0.1, -0.05) is 20.3 Å². The smallest absolute Gasteiger partial charge is 0.398 e. The molecule has 6 nitrogen and oxygen atoms in total. The minimum atomic E-state index is -4.52. The Hall–Kier alpha value is -2.55. The van der Waals surface area contributed by atoms with Gasteiger partial charge in [-0.3, -0.25) is 0 Å². The highest BCUT2D eigenvalue weighted by Gasteiger charge is 2.33. The van der Waals surface area contributed by atoms with Crippen molar-refractivity contribution in [2.24, 2.45) is 0 Å². The predicted octanol–water partition coefficient (Wildman–Crippen LogP) is 4.35. The zero-order valence-electron chi connectivity index (χ0n) is 17.4. The van der Waals surface area contributed by atoms with Gasteiger partial charge in [0.15, 0.2) is 0 Å². The fraction of sp³-hybridized carbons (Fsp3) is 0.524. The Kier molecular flexibility index (Phi) is 7.02. The van der Waals surface area contributed by atoms with Crippen molar-refractivity contribution in [3.05, 3.63) is 35.5 Å². The maximum atomic E-state index is 13.2. The van der Waals surface area contributed by atoms with Crippen molar-refractivity contribution in [1.82, 2.24) is 15.3 Å². The van der Waals surface area contributed by atoms with Crippen LogP contribution in [0.5, 0.6) is 0 Å². The highest BCUT2D eigenvalue weighted by atomic mass is 19.4. The number of aryl methyl sites for hydroxylation is 1. The van der Waals surface area contributed by atoms with Gasteiger partial charge in [-0.05, 0) is 44.0 Å². The number of hydrogen-bond donors (Lipinski definition) is 3. The maximum Gasteiger partial charge on any atom is 0.418 e. The Morgan fingerprint density at radius 2 is 2.00 bits per heavy atom. The molecule has 1 aliphatic heterocycles. The summed E-state index contributed by atoms with van der Waals surface area (Å²) in [6.07, 6.45) is -0.691. The molecule has 0 radical (unpaired) electrons. The number of aromatic nitrogens is 2. The van der Waals surface area contributed by atoms with Crippen molar-refractivity contribution in [3.8, 4) is 0 Å². The van der Waals surface area contributed by atoms with Crippen LogP contribution in [0, 0.1) is 0 Å². The zero-order chi connectivity index (χ0) is 21.7. The molecule has 1 saturated heterocycles. The number of benzene rings is 1. The first kappa shape index (κ1) is 22.1. The Balaban J connectivity index is 1.87. The molecule has 1 atom stereocenters. The molecule has 164 valence electrons. The lowest BCUT2D eigenvalue weighted by atomic mass is 10.1. The average Bonchev–Trinajstić information content (AvgIpc) is 3.16. The van der Waals surface area contributed by atoms with E-state index in [9.17, 15) is 13.2 Å². The van der Waals surface area contributed by atoms with Crippen molar-refractivity contribution >= 4 is 23.1 Å². The Morgan fingerprint density at radius 1 is 1.20 bits per heavy atom. The molecule has 1 unspecified atom stereocenters. The lowest BCUT2D eigenvalue weighted by molar-refractivity contribution is -0.136. The van der Waals surface area contributed by atoms with E-state index >= 15 is 0 Å². The van der Waals surface area contributed by atoms with Gasteiger partial charge in [0.05, 0.1) is 5.56 Å². The predicted molar refractivity (Wildman–Crippen MR) is 114 cm³/mol. The molecule has 0 saturated carbocycles. The van der Waals surface area contributed by atoms with Crippen LogP contribution < -0.4 is 21.3 Å². The number of hydrogen-bond acceptors (Lipinski definition) is 6. The first-order valence-electron chi connectivity index (χ1n) is 10.4. The van der Waals surface area contributed by atoms with Crippen LogP contribution in [0.4, 0.5) is 36.3 Å². The molecular formula is C21H29F3N6. The van der Waals surface area contributed by atoms with Crippen LogP contribution in [0.1, 0.15) is 44.4 Å². The SMILES string of the molecule is CCCCc1cc(N2CCC(NCC)C2)nc(Nc2ccc(N)c(C(F)(F)F)c2)n1. The van der Waals surface area contributed by atoms with Gasteiger partial charge in [0.1, 0.15) is 5.82 Å². The molecule has 9 heteroatoms. The van der Waals surface area contributed by atoms with E-state index in [1.807, 2.05) is 6.07 Å². The number of unbranched alkanes of at least 4 members (excludes halogenated alkanes) is 1. The number of likely N-dealkylation sites (N-methyl/N-ethyl adjacent to an activating group) is 1. The molecule has 4 N–H and O–H groups in total. The van der Waals surface area contributed by atoms with E-state index in [2.05, 4.69) is 39.3 Å². The van der Waals surface area contributed by atoms with Crippen molar-refractivity contribution < 1.29 is 13.2 Å². The number of nitrogens with one attached hydrogen (secondary N) is 2. The van der Waals surface area contributed by atoms with Crippen LogP contribution in [-0.4, -0.2) is 35.6 Å². The Labute approximate surface area is 175 Å². The zero-order valence-corrected chi connectivity index (χ0v) is 17.4. The van der Waals surface area contributed by atoms with Crippen molar-refractivity contribution in [2.75, 3.05) is 35.6 Å². The molecule has 0 bridgehead atoms. The standard InChI is InChI=1S/C21H29F3N6/c1-3-5-6-14-12-19(30-10-9-16(13-30)26-4-2)29-20(27-14)28-15-7-8-18(25)17(11-15)21(22,23)24/h7-8,11-12,16,26H,3-6,9-10,13,25H2,1-2H3,(H,27,28,29). The van der Waals surface area contributed by atoms with Crippen molar-refractivity contribution in [1.29, 1.82) is 0 Å². The highest BCUT2D eigenvalue weighted by molar-refractivity contribution is 5.63. The van der Waals surface area contributed by atoms with Crippen LogP contribution in [-0.2, 0) is 12.6 Å². The monoisotopic (exact) mass is 422 g/mol. The number of nitrogen functional groups attached to an aromatic ring is 1. The fourth-order valence-electron chi connectivity index (χ4n) is 3.62. The van der Waals surface area contributed by atoms with Crippen molar-refractivity contribution in [2.45, 2.75) is 51.7 Å². The summed E-state index contributed by atoms with van der Waals surface area (Å²) in [4.78, 5) is 11.3. The topological polar surface area (TPSA) is 79.1 Å².